The van der Waals surface area contributed by atoms with Crippen LogP contribution in [0.15, 0.2) is 24.3 Å². The zero-order valence-electron chi connectivity index (χ0n) is 15.6. The van der Waals surface area contributed by atoms with E-state index < -0.39 is 0 Å². The Morgan fingerprint density at radius 1 is 1.08 bits per heavy atom. The van der Waals surface area contributed by atoms with Crippen LogP contribution < -0.4 is 10.1 Å². The van der Waals surface area contributed by atoms with Crippen molar-refractivity contribution in [3.8, 4) is 5.75 Å². The molecule has 1 aromatic carbocycles. The predicted octanol–water partition coefficient (Wildman–Crippen LogP) is 4.19. The first kappa shape index (κ1) is 17.4. The summed E-state index contributed by atoms with van der Waals surface area (Å²) in [5, 5.41) is 3.50. The van der Waals surface area contributed by atoms with E-state index in [1.54, 1.807) is 0 Å². The lowest BCUT2D eigenvalue weighted by molar-refractivity contribution is 0.197. The molecule has 3 heterocycles. The fourth-order valence-electron chi connectivity index (χ4n) is 5.06. The maximum absolute atomic E-state index is 5.98. The van der Waals surface area contributed by atoms with Crippen LogP contribution in [0.2, 0.25) is 0 Å². The van der Waals surface area contributed by atoms with E-state index in [9.17, 15) is 0 Å². The van der Waals surface area contributed by atoms with Crippen LogP contribution in [-0.4, -0.2) is 43.7 Å². The van der Waals surface area contributed by atoms with Crippen molar-refractivity contribution in [1.29, 1.82) is 0 Å². The van der Waals surface area contributed by atoms with Gasteiger partial charge in [-0.3, -0.25) is 4.90 Å². The monoisotopic (exact) mass is 342 g/mol. The zero-order valence-corrected chi connectivity index (χ0v) is 15.6. The van der Waals surface area contributed by atoms with Gasteiger partial charge in [-0.05, 0) is 94.1 Å². The first-order valence-corrected chi connectivity index (χ1v) is 10.6. The highest BCUT2D eigenvalue weighted by Gasteiger charge is 2.33. The third kappa shape index (κ3) is 4.57. The van der Waals surface area contributed by atoms with Crippen LogP contribution in [0.5, 0.6) is 5.75 Å². The summed E-state index contributed by atoms with van der Waals surface area (Å²) in [5.41, 5.74) is 1.51. The van der Waals surface area contributed by atoms with Crippen LogP contribution in [0.3, 0.4) is 0 Å². The molecule has 1 N–H and O–H groups in total. The molecule has 3 unspecified atom stereocenters. The second-order valence-electron chi connectivity index (χ2n) is 8.35. The van der Waals surface area contributed by atoms with Gasteiger partial charge in [0.05, 0.1) is 6.61 Å². The fraction of sp³-hybridized carbons (Fsp3) is 0.727. The van der Waals surface area contributed by atoms with Gasteiger partial charge in [-0.25, -0.2) is 0 Å². The van der Waals surface area contributed by atoms with Gasteiger partial charge in [-0.2, -0.15) is 0 Å². The van der Waals surface area contributed by atoms with Gasteiger partial charge >= 0.3 is 0 Å². The normalized spacial score (nSPS) is 30.2. The number of piperidine rings is 2. The van der Waals surface area contributed by atoms with E-state index in [2.05, 4.69) is 34.5 Å². The third-order valence-electron chi connectivity index (χ3n) is 6.54. The van der Waals surface area contributed by atoms with E-state index in [1.807, 2.05) is 0 Å². The van der Waals surface area contributed by atoms with Gasteiger partial charge in [-0.1, -0.05) is 18.6 Å². The van der Waals surface area contributed by atoms with E-state index in [0.717, 1.165) is 30.2 Å². The van der Waals surface area contributed by atoms with Crippen LogP contribution in [0.4, 0.5) is 0 Å². The largest absolute Gasteiger partial charge is 0.494 e. The lowest BCUT2D eigenvalue weighted by Crippen LogP contribution is -2.33. The van der Waals surface area contributed by atoms with Gasteiger partial charge in [-0.15, -0.1) is 0 Å². The third-order valence-corrected chi connectivity index (χ3v) is 6.54. The predicted molar refractivity (Wildman–Crippen MR) is 103 cm³/mol. The van der Waals surface area contributed by atoms with Crippen molar-refractivity contribution in [2.75, 3.05) is 32.8 Å². The Bertz CT molecular complexity index is 509. The standard InChI is InChI=1S/C22H34N2O/c1-2-13-24-17-20(15-21(24)7-1)19-8-10-22(11-9-19)25-14-4-6-18-5-3-12-23-16-18/h8-11,18,20-21,23H,1-7,12-17H2. The Balaban J connectivity index is 1.20. The highest BCUT2D eigenvalue weighted by atomic mass is 16.5. The average molecular weight is 343 g/mol. The van der Waals surface area contributed by atoms with Crippen LogP contribution in [0.25, 0.3) is 0 Å². The van der Waals surface area contributed by atoms with E-state index in [1.165, 1.54) is 83.1 Å². The molecule has 0 aliphatic carbocycles. The van der Waals surface area contributed by atoms with E-state index in [4.69, 9.17) is 4.74 Å². The molecular weight excluding hydrogens is 308 g/mol. The second kappa shape index (κ2) is 8.55. The van der Waals surface area contributed by atoms with Crippen molar-refractivity contribution in [3.05, 3.63) is 29.8 Å². The Kier molecular flexibility index (Phi) is 5.94. The molecule has 3 saturated heterocycles. The molecule has 1 aromatic rings. The van der Waals surface area contributed by atoms with Crippen molar-refractivity contribution in [2.45, 2.75) is 63.3 Å². The Morgan fingerprint density at radius 2 is 2.00 bits per heavy atom. The summed E-state index contributed by atoms with van der Waals surface area (Å²) in [5.74, 6) is 2.64. The van der Waals surface area contributed by atoms with E-state index >= 15 is 0 Å². The molecule has 0 amide bonds. The summed E-state index contributed by atoms with van der Waals surface area (Å²) in [6.45, 7) is 5.85. The van der Waals surface area contributed by atoms with Crippen molar-refractivity contribution < 1.29 is 4.74 Å². The summed E-state index contributed by atoms with van der Waals surface area (Å²) in [7, 11) is 0. The molecule has 0 radical (unpaired) electrons. The minimum Gasteiger partial charge on any atom is -0.494 e. The molecule has 0 aromatic heterocycles. The van der Waals surface area contributed by atoms with Crippen molar-refractivity contribution in [2.24, 2.45) is 5.92 Å². The first-order chi connectivity index (χ1) is 12.4. The smallest absolute Gasteiger partial charge is 0.119 e. The van der Waals surface area contributed by atoms with Gasteiger partial charge < -0.3 is 10.1 Å². The molecule has 0 spiro atoms. The number of benzene rings is 1. The van der Waals surface area contributed by atoms with Gasteiger partial charge in [0.25, 0.3) is 0 Å². The molecule has 3 nitrogen and oxygen atoms in total. The maximum atomic E-state index is 5.98. The number of nitrogens with zero attached hydrogens (tertiary/aromatic N) is 1. The molecule has 0 saturated carbocycles. The lowest BCUT2D eigenvalue weighted by atomic mass is 9.94. The Labute approximate surface area is 153 Å². The van der Waals surface area contributed by atoms with Crippen molar-refractivity contribution >= 4 is 0 Å². The van der Waals surface area contributed by atoms with Gasteiger partial charge in [0.15, 0.2) is 0 Å². The summed E-state index contributed by atoms with van der Waals surface area (Å²) in [4.78, 5) is 2.72. The molecule has 25 heavy (non-hydrogen) atoms. The summed E-state index contributed by atoms with van der Waals surface area (Å²) in [6.07, 6.45) is 10.8. The van der Waals surface area contributed by atoms with E-state index in [-0.39, 0.29) is 0 Å². The number of ether oxygens (including phenoxy) is 1. The van der Waals surface area contributed by atoms with Gasteiger partial charge in [0.1, 0.15) is 5.75 Å². The fourth-order valence-corrected chi connectivity index (χ4v) is 5.06. The number of rotatable bonds is 6. The maximum Gasteiger partial charge on any atom is 0.119 e. The number of hydrogen-bond donors (Lipinski definition) is 1. The summed E-state index contributed by atoms with van der Waals surface area (Å²) >= 11 is 0. The zero-order chi connectivity index (χ0) is 16.9. The van der Waals surface area contributed by atoms with Crippen LogP contribution in [0.1, 0.15) is 62.8 Å². The summed E-state index contributed by atoms with van der Waals surface area (Å²) in [6, 6.07) is 9.85. The molecule has 3 heteroatoms. The van der Waals surface area contributed by atoms with Gasteiger partial charge in [0, 0.05) is 12.6 Å². The van der Waals surface area contributed by atoms with Crippen LogP contribution in [-0.2, 0) is 0 Å². The quantitative estimate of drug-likeness (QED) is 0.785. The number of hydrogen-bond acceptors (Lipinski definition) is 3. The summed E-state index contributed by atoms with van der Waals surface area (Å²) < 4.78 is 5.98. The molecule has 138 valence electrons. The molecule has 3 fully saturated rings. The SMILES string of the molecule is c1cc(C2CC3CCCCN3C2)ccc1OCCCC1CCCNC1. The van der Waals surface area contributed by atoms with Crippen molar-refractivity contribution in [1.82, 2.24) is 10.2 Å². The highest BCUT2D eigenvalue weighted by Crippen LogP contribution is 2.36. The van der Waals surface area contributed by atoms with Crippen molar-refractivity contribution in [3.63, 3.8) is 0 Å². The molecule has 3 atom stereocenters. The molecule has 4 rings (SSSR count). The molecular formula is C22H34N2O. The minimum atomic E-state index is 0.732. The van der Waals surface area contributed by atoms with Gasteiger partial charge in [0.2, 0.25) is 0 Å². The van der Waals surface area contributed by atoms with Crippen LogP contribution in [0, 0.1) is 5.92 Å². The highest BCUT2D eigenvalue weighted by molar-refractivity contribution is 5.30. The average Bonchev–Trinajstić information content (AvgIpc) is 3.11. The second-order valence-corrected chi connectivity index (χ2v) is 8.35. The Morgan fingerprint density at radius 3 is 2.80 bits per heavy atom. The number of fused-ring (bicyclic) bond motifs is 1. The Hall–Kier alpha value is -1.06. The first-order valence-electron chi connectivity index (χ1n) is 10.6. The molecule has 3 aliphatic heterocycles. The van der Waals surface area contributed by atoms with Crippen LogP contribution >= 0.6 is 0 Å². The molecule has 3 aliphatic rings. The minimum absolute atomic E-state index is 0.732. The lowest BCUT2D eigenvalue weighted by Gasteiger charge is -2.28. The number of nitrogens with one attached hydrogen (secondary N) is 1. The molecule has 0 bridgehead atoms. The van der Waals surface area contributed by atoms with E-state index in [0.29, 0.717) is 0 Å². The topological polar surface area (TPSA) is 24.5 Å².